The summed E-state index contributed by atoms with van der Waals surface area (Å²) in [5, 5.41) is 13.1. The molecule has 0 bridgehead atoms. The first-order valence-corrected chi connectivity index (χ1v) is 15.0. The molecule has 7 heteroatoms. The maximum Gasteiger partial charge on any atom is 0.416 e. The van der Waals surface area contributed by atoms with E-state index in [1.165, 1.54) is 17.2 Å². The quantitative estimate of drug-likeness (QED) is 0.343. The Bertz CT molecular complexity index is 1560. The summed E-state index contributed by atoms with van der Waals surface area (Å²) in [5.74, 6) is 0.211. The Labute approximate surface area is 245 Å². The molecular formula is C35H36F3N3O. The number of alkyl halides is 3. The number of benzene rings is 3. The van der Waals surface area contributed by atoms with Crippen molar-refractivity contribution in [2.45, 2.75) is 77.2 Å². The number of hydrogen-bond donors (Lipinski definition) is 1. The fourth-order valence-electron chi connectivity index (χ4n) is 7.43. The number of hydrogen-bond acceptors (Lipinski definition) is 3. The van der Waals surface area contributed by atoms with Crippen molar-refractivity contribution in [1.29, 1.82) is 5.26 Å². The molecule has 2 aliphatic carbocycles. The van der Waals surface area contributed by atoms with Gasteiger partial charge in [0.1, 0.15) is 0 Å². The minimum absolute atomic E-state index is 0.0842. The number of nitriles is 1. The third-order valence-electron chi connectivity index (χ3n) is 9.90. The number of carbonyl (C=O) groups is 1. The van der Waals surface area contributed by atoms with Crippen LogP contribution in [0.3, 0.4) is 0 Å². The van der Waals surface area contributed by atoms with Gasteiger partial charge in [0.05, 0.1) is 22.6 Å². The van der Waals surface area contributed by atoms with Crippen molar-refractivity contribution >= 4 is 5.91 Å². The SMILES string of the molecule is CC(C)[C@]1(C(=O)N2CCc3ccc(C(F)(F)F)cc3C2)CC[C@@H](NC2CCc3cc(-c4cccc(C#N)c4)ccc32)C1. The Morgan fingerprint density at radius 1 is 1.00 bits per heavy atom. The van der Waals surface area contributed by atoms with Crippen molar-refractivity contribution < 1.29 is 18.0 Å². The summed E-state index contributed by atoms with van der Waals surface area (Å²) in [5.41, 5.74) is 5.76. The predicted octanol–water partition coefficient (Wildman–Crippen LogP) is 7.60. The van der Waals surface area contributed by atoms with Crippen LogP contribution in [-0.4, -0.2) is 23.4 Å². The Morgan fingerprint density at radius 2 is 1.81 bits per heavy atom. The zero-order valence-electron chi connectivity index (χ0n) is 24.1. The lowest BCUT2D eigenvalue weighted by Crippen LogP contribution is -2.48. The van der Waals surface area contributed by atoms with Crippen LogP contribution in [0.1, 0.15) is 79.0 Å². The number of amides is 1. The highest BCUT2D eigenvalue weighted by Crippen LogP contribution is 2.48. The highest BCUT2D eigenvalue weighted by molar-refractivity contribution is 5.84. The molecular weight excluding hydrogens is 535 g/mol. The van der Waals surface area contributed by atoms with Gasteiger partial charge in [-0.05, 0) is 102 Å². The Hall–Kier alpha value is -3.63. The lowest BCUT2D eigenvalue weighted by molar-refractivity contribution is -0.145. The normalized spacial score (nSPS) is 23.5. The lowest BCUT2D eigenvalue weighted by atomic mass is 9.73. The van der Waals surface area contributed by atoms with Gasteiger partial charge in [-0.3, -0.25) is 4.79 Å². The molecule has 0 spiro atoms. The molecule has 0 saturated heterocycles. The van der Waals surface area contributed by atoms with Crippen LogP contribution in [0.15, 0.2) is 60.7 Å². The first-order chi connectivity index (χ1) is 20.1. The van der Waals surface area contributed by atoms with E-state index < -0.39 is 17.2 Å². The molecule has 3 aliphatic rings. The van der Waals surface area contributed by atoms with Crippen molar-refractivity contribution in [2.24, 2.45) is 11.3 Å². The monoisotopic (exact) mass is 571 g/mol. The third-order valence-corrected chi connectivity index (χ3v) is 9.90. The molecule has 3 aromatic rings. The van der Waals surface area contributed by atoms with E-state index in [9.17, 15) is 23.2 Å². The Kier molecular flexibility index (Phi) is 7.39. The molecule has 1 saturated carbocycles. The molecule has 3 atom stereocenters. The zero-order chi connectivity index (χ0) is 29.6. The van der Waals surface area contributed by atoms with E-state index in [0.717, 1.165) is 54.9 Å². The van der Waals surface area contributed by atoms with Crippen molar-refractivity contribution in [3.63, 3.8) is 0 Å². The number of aryl methyl sites for hydroxylation is 1. The topological polar surface area (TPSA) is 56.1 Å². The molecule has 3 aromatic carbocycles. The smallest absolute Gasteiger partial charge is 0.338 e. The minimum atomic E-state index is -4.40. The fourth-order valence-corrected chi connectivity index (χ4v) is 7.43. The van der Waals surface area contributed by atoms with E-state index in [2.05, 4.69) is 43.4 Å². The molecule has 1 unspecified atom stereocenters. The van der Waals surface area contributed by atoms with Crippen LogP contribution in [0.25, 0.3) is 11.1 Å². The third kappa shape index (κ3) is 5.22. The van der Waals surface area contributed by atoms with Crippen LogP contribution in [0.2, 0.25) is 0 Å². The van der Waals surface area contributed by atoms with E-state index in [1.54, 1.807) is 11.0 Å². The van der Waals surface area contributed by atoms with Crippen molar-refractivity contribution in [1.82, 2.24) is 10.2 Å². The minimum Gasteiger partial charge on any atom is -0.338 e. The van der Waals surface area contributed by atoms with Crippen molar-refractivity contribution in [3.05, 3.63) is 94.0 Å². The first-order valence-electron chi connectivity index (χ1n) is 15.0. The molecule has 42 heavy (non-hydrogen) atoms. The summed E-state index contributed by atoms with van der Waals surface area (Å²) >= 11 is 0. The van der Waals surface area contributed by atoms with Gasteiger partial charge in [-0.15, -0.1) is 0 Å². The van der Waals surface area contributed by atoms with Crippen LogP contribution in [0.5, 0.6) is 0 Å². The maximum absolute atomic E-state index is 14.1. The Morgan fingerprint density at radius 3 is 2.57 bits per heavy atom. The highest BCUT2D eigenvalue weighted by atomic mass is 19.4. The van der Waals surface area contributed by atoms with Crippen LogP contribution in [-0.2, 0) is 30.4 Å². The van der Waals surface area contributed by atoms with Crippen LogP contribution in [0, 0.1) is 22.7 Å². The molecule has 0 aromatic heterocycles. The van der Waals surface area contributed by atoms with Crippen LogP contribution < -0.4 is 5.32 Å². The van der Waals surface area contributed by atoms with E-state index in [-0.39, 0.29) is 30.5 Å². The van der Waals surface area contributed by atoms with Gasteiger partial charge in [0.25, 0.3) is 0 Å². The number of carbonyl (C=O) groups excluding carboxylic acids is 1. The van der Waals surface area contributed by atoms with E-state index in [1.807, 2.05) is 24.3 Å². The molecule has 4 nitrogen and oxygen atoms in total. The van der Waals surface area contributed by atoms with E-state index >= 15 is 0 Å². The van der Waals surface area contributed by atoms with Gasteiger partial charge in [0.2, 0.25) is 5.91 Å². The lowest BCUT2D eigenvalue weighted by Gasteiger charge is -2.40. The number of halogens is 3. The van der Waals surface area contributed by atoms with E-state index in [0.29, 0.717) is 24.1 Å². The second-order valence-corrected chi connectivity index (χ2v) is 12.6. The van der Waals surface area contributed by atoms with Gasteiger partial charge < -0.3 is 10.2 Å². The van der Waals surface area contributed by atoms with Gasteiger partial charge in [0.15, 0.2) is 0 Å². The highest BCUT2D eigenvalue weighted by Gasteiger charge is 2.50. The van der Waals surface area contributed by atoms with Crippen molar-refractivity contribution in [2.75, 3.05) is 6.54 Å². The summed E-state index contributed by atoms with van der Waals surface area (Å²) < 4.78 is 40.1. The summed E-state index contributed by atoms with van der Waals surface area (Å²) in [6.07, 6.45) is 0.580. The van der Waals surface area contributed by atoms with Gasteiger partial charge in [-0.25, -0.2) is 0 Å². The number of nitrogens with zero attached hydrogens (tertiary/aromatic N) is 2. The molecule has 1 fully saturated rings. The molecule has 1 N–H and O–H groups in total. The van der Waals surface area contributed by atoms with Gasteiger partial charge in [-0.2, -0.15) is 18.4 Å². The van der Waals surface area contributed by atoms with Gasteiger partial charge >= 0.3 is 6.18 Å². The molecule has 1 amide bonds. The van der Waals surface area contributed by atoms with E-state index in [4.69, 9.17) is 0 Å². The molecule has 0 radical (unpaired) electrons. The number of fused-ring (bicyclic) bond motifs is 2. The summed E-state index contributed by atoms with van der Waals surface area (Å²) in [4.78, 5) is 15.9. The molecule has 1 heterocycles. The largest absolute Gasteiger partial charge is 0.416 e. The number of rotatable bonds is 5. The molecule has 218 valence electrons. The van der Waals surface area contributed by atoms with Gasteiger partial charge in [0, 0.05) is 25.2 Å². The van der Waals surface area contributed by atoms with Crippen LogP contribution in [0.4, 0.5) is 13.2 Å². The van der Waals surface area contributed by atoms with Crippen molar-refractivity contribution in [3.8, 4) is 17.2 Å². The standard InChI is InChI=1S/C35H36F3N3O/c1-22(2)34(33(42)41-15-13-24-6-9-29(35(36,37)38)18-28(24)21-41)14-12-30(19-34)40-32-11-8-27-17-26(7-10-31(27)32)25-5-3-4-23(16-25)20-39/h3-7,9-10,16-18,22,30,32,40H,8,11-15,19,21H2,1-2H3/t30-,32?,34+/m1/s1. The summed E-state index contributed by atoms with van der Waals surface area (Å²) in [7, 11) is 0. The second-order valence-electron chi connectivity index (χ2n) is 12.6. The average Bonchev–Trinajstić information content (AvgIpc) is 3.60. The maximum atomic E-state index is 14.1. The fraction of sp³-hybridized carbons (Fsp3) is 0.429. The molecule has 6 rings (SSSR count). The first kappa shape index (κ1) is 28.5. The van der Waals surface area contributed by atoms with Gasteiger partial charge in [-0.1, -0.05) is 50.2 Å². The zero-order valence-corrected chi connectivity index (χ0v) is 24.1. The summed E-state index contributed by atoms with van der Waals surface area (Å²) in [6, 6.07) is 20.8. The number of nitrogens with one attached hydrogen (secondary N) is 1. The average molecular weight is 572 g/mol. The molecule has 1 aliphatic heterocycles. The Balaban J connectivity index is 1.15. The van der Waals surface area contributed by atoms with Crippen LogP contribution >= 0.6 is 0 Å². The second kappa shape index (κ2) is 10.9. The summed E-state index contributed by atoms with van der Waals surface area (Å²) in [6.45, 7) is 4.99. The predicted molar refractivity (Wildman–Crippen MR) is 156 cm³/mol.